The van der Waals surface area contributed by atoms with Gasteiger partial charge in [-0.3, -0.25) is 4.79 Å². The highest BCUT2D eigenvalue weighted by Crippen LogP contribution is 2.19. The van der Waals surface area contributed by atoms with Gasteiger partial charge in [-0.05, 0) is 31.9 Å². The van der Waals surface area contributed by atoms with Crippen LogP contribution in [0.2, 0.25) is 0 Å². The summed E-state index contributed by atoms with van der Waals surface area (Å²) in [7, 11) is 0. The Kier molecular flexibility index (Phi) is 5.24. The van der Waals surface area contributed by atoms with E-state index in [9.17, 15) is 9.90 Å². The zero-order valence-electron chi connectivity index (χ0n) is 11.7. The van der Waals surface area contributed by atoms with Crippen LogP contribution in [0.25, 0.3) is 0 Å². The quantitative estimate of drug-likeness (QED) is 0.886. The maximum atomic E-state index is 12.0. The van der Waals surface area contributed by atoms with E-state index in [2.05, 4.69) is 0 Å². The zero-order chi connectivity index (χ0) is 14.4. The molecule has 1 N–H and O–H groups in total. The fraction of sp³-hybridized carbons (Fsp3) is 0.533. The third-order valence-corrected chi connectivity index (χ3v) is 3.30. The Morgan fingerprint density at radius 2 is 1.95 bits per heavy atom. The van der Waals surface area contributed by atoms with E-state index in [4.69, 9.17) is 9.47 Å². The summed E-state index contributed by atoms with van der Waals surface area (Å²) in [5, 5.41) is 9.41. The molecule has 0 unspecified atom stereocenters. The van der Waals surface area contributed by atoms with Crippen LogP contribution in [0, 0.1) is 0 Å². The number of aliphatic hydroxyl groups excluding tert-OH is 1. The molecule has 0 aliphatic carbocycles. The number of aliphatic hydroxyl groups is 1. The van der Waals surface area contributed by atoms with Crippen molar-refractivity contribution in [3.05, 3.63) is 24.3 Å². The first-order valence-electron chi connectivity index (χ1n) is 7.00. The first kappa shape index (κ1) is 14.7. The van der Waals surface area contributed by atoms with E-state index in [0.717, 1.165) is 5.75 Å². The SMILES string of the molecule is CCOc1cccc(OCC(=O)N2CCC(O)CC2)c1. The molecule has 0 bridgehead atoms. The molecule has 1 aromatic rings. The van der Waals surface area contributed by atoms with Gasteiger partial charge < -0.3 is 19.5 Å². The standard InChI is InChI=1S/C15H21NO4/c1-2-19-13-4-3-5-14(10-13)20-11-15(18)16-8-6-12(17)7-9-16/h3-5,10,12,17H,2,6-9,11H2,1H3. The Bertz CT molecular complexity index is 441. The number of likely N-dealkylation sites (tertiary alicyclic amines) is 1. The number of hydrogen-bond acceptors (Lipinski definition) is 4. The lowest BCUT2D eigenvalue weighted by Crippen LogP contribution is -2.42. The molecule has 20 heavy (non-hydrogen) atoms. The number of ether oxygens (including phenoxy) is 2. The summed E-state index contributed by atoms with van der Waals surface area (Å²) in [5.74, 6) is 1.32. The fourth-order valence-corrected chi connectivity index (χ4v) is 2.17. The van der Waals surface area contributed by atoms with Crippen LogP contribution < -0.4 is 9.47 Å². The molecule has 1 fully saturated rings. The first-order chi connectivity index (χ1) is 9.69. The van der Waals surface area contributed by atoms with Gasteiger partial charge in [-0.25, -0.2) is 0 Å². The molecule has 1 aliphatic heterocycles. The zero-order valence-corrected chi connectivity index (χ0v) is 11.7. The second kappa shape index (κ2) is 7.14. The highest BCUT2D eigenvalue weighted by Gasteiger charge is 2.21. The third kappa shape index (κ3) is 4.13. The number of carbonyl (C=O) groups excluding carboxylic acids is 1. The lowest BCUT2D eigenvalue weighted by molar-refractivity contribution is -0.135. The van der Waals surface area contributed by atoms with Crippen molar-refractivity contribution in [1.82, 2.24) is 4.90 Å². The van der Waals surface area contributed by atoms with Gasteiger partial charge in [-0.15, -0.1) is 0 Å². The highest BCUT2D eigenvalue weighted by molar-refractivity contribution is 5.77. The lowest BCUT2D eigenvalue weighted by Gasteiger charge is -2.29. The van der Waals surface area contributed by atoms with E-state index in [1.807, 2.05) is 19.1 Å². The number of hydrogen-bond donors (Lipinski definition) is 1. The van der Waals surface area contributed by atoms with Gasteiger partial charge in [-0.1, -0.05) is 6.07 Å². The molecule has 110 valence electrons. The van der Waals surface area contributed by atoms with Gasteiger partial charge in [0.05, 0.1) is 12.7 Å². The summed E-state index contributed by atoms with van der Waals surface area (Å²) < 4.78 is 10.9. The van der Waals surface area contributed by atoms with Crippen LogP contribution in [0.1, 0.15) is 19.8 Å². The molecule has 1 aliphatic rings. The van der Waals surface area contributed by atoms with Crippen LogP contribution in [-0.4, -0.2) is 48.3 Å². The van der Waals surface area contributed by atoms with Crippen molar-refractivity contribution in [2.45, 2.75) is 25.9 Å². The topological polar surface area (TPSA) is 59.0 Å². The van der Waals surface area contributed by atoms with E-state index in [1.165, 1.54) is 0 Å². The maximum absolute atomic E-state index is 12.0. The molecule has 0 saturated carbocycles. The fourth-order valence-electron chi connectivity index (χ4n) is 2.17. The molecule has 0 aromatic heterocycles. The summed E-state index contributed by atoms with van der Waals surface area (Å²) in [6.07, 6.45) is 1.01. The van der Waals surface area contributed by atoms with E-state index in [0.29, 0.717) is 38.3 Å². The Hall–Kier alpha value is -1.75. The summed E-state index contributed by atoms with van der Waals surface area (Å²) in [6, 6.07) is 7.26. The minimum absolute atomic E-state index is 0.0195. The summed E-state index contributed by atoms with van der Waals surface area (Å²) in [6.45, 7) is 3.73. The number of benzene rings is 1. The van der Waals surface area contributed by atoms with Crippen LogP contribution in [0.5, 0.6) is 11.5 Å². The summed E-state index contributed by atoms with van der Waals surface area (Å²) in [4.78, 5) is 13.7. The van der Waals surface area contributed by atoms with Gasteiger partial charge in [-0.2, -0.15) is 0 Å². The molecule has 0 radical (unpaired) electrons. The van der Waals surface area contributed by atoms with Gasteiger partial charge in [0.2, 0.25) is 0 Å². The second-order valence-corrected chi connectivity index (χ2v) is 4.81. The van der Waals surface area contributed by atoms with Gasteiger partial charge >= 0.3 is 0 Å². The molecule has 0 atom stereocenters. The molecular weight excluding hydrogens is 258 g/mol. The van der Waals surface area contributed by atoms with Crippen molar-refractivity contribution in [2.24, 2.45) is 0 Å². The predicted octanol–water partition coefficient (Wildman–Crippen LogP) is 1.45. The van der Waals surface area contributed by atoms with Gasteiger partial charge in [0.25, 0.3) is 5.91 Å². The smallest absolute Gasteiger partial charge is 0.260 e. The number of nitrogens with zero attached hydrogens (tertiary/aromatic N) is 1. The third-order valence-electron chi connectivity index (χ3n) is 3.30. The second-order valence-electron chi connectivity index (χ2n) is 4.81. The molecule has 2 rings (SSSR count). The van der Waals surface area contributed by atoms with Crippen molar-refractivity contribution >= 4 is 5.91 Å². The van der Waals surface area contributed by atoms with E-state index >= 15 is 0 Å². The van der Waals surface area contributed by atoms with Crippen molar-refractivity contribution in [3.8, 4) is 11.5 Å². The minimum Gasteiger partial charge on any atom is -0.494 e. The van der Waals surface area contributed by atoms with E-state index in [1.54, 1.807) is 17.0 Å². The van der Waals surface area contributed by atoms with Gasteiger partial charge in [0, 0.05) is 19.2 Å². The van der Waals surface area contributed by atoms with Gasteiger partial charge in [0.1, 0.15) is 11.5 Å². The Balaban J connectivity index is 1.82. The van der Waals surface area contributed by atoms with Crippen molar-refractivity contribution < 1.29 is 19.4 Å². The monoisotopic (exact) mass is 279 g/mol. The van der Waals surface area contributed by atoms with Crippen LogP contribution in [0.4, 0.5) is 0 Å². The molecule has 0 spiro atoms. The normalized spacial score (nSPS) is 16.0. The number of rotatable bonds is 5. The number of carbonyl (C=O) groups is 1. The molecular formula is C15H21NO4. The summed E-state index contributed by atoms with van der Waals surface area (Å²) >= 11 is 0. The average molecular weight is 279 g/mol. The molecule has 1 heterocycles. The Morgan fingerprint density at radius 3 is 2.60 bits per heavy atom. The number of amides is 1. The number of piperidine rings is 1. The minimum atomic E-state index is -0.275. The van der Waals surface area contributed by atoms with Crippen molar-refractivity contribution in [1.29, 1.82) is 0 Å². The largest absolute Gasteiger partial charge is 0.494 e. The molecule has 1 aromatic carbocycles. The maximum Gasteiger partial charge on any atom is 0.260 e. The van der Waals surface area contributed by atoms with Crippen LogP contribution in [0.3, 0.4) is 0 Å². The average Bonchev–Trinajstić information content (AvgIpc) is 2.46. The predicted molar refractivity (Wildman–Crippen MR) is 74.9 cm³/mol. The van der Waals surface area contributed by atoms with Crippen LogP contribution >= 0.6 is 0 Å². The van der Waals surface area contributed by atoms with E-state index < -0.39 is 0 Å². The van der Waals surface area contributed by atoms with Crippen LogP contribution in [-0.2, 0) is 4.79 Å². The highest BCUT2D eigenvalue weighted by atomic mass is 16.5. The Labute approximate surface area is 119 Å². The van der Waals surface area contributed by atoms with Gasteiger partial charge in [0.15, 0.2) is 6.61 Å². The van der Waals surface area contributed by atoms with Crippen LogP contribution in [0.15, 0.2) is 24.3 Å². The molecule has 5 heteroatoms. The Morgan fingerprint density at radius 1 is 1.30 bits per heavy atom. The molecule has 1 amide bonds. The molecule has 1 saturated heterocycles. The summed E-state index contributed by atoms with van der Waals surface area (Å²) in [5.41, 5.74) is 0. The lowest BCUT2D eigenvalue weighted by atomic mass is 10.1. The first-order valence-corrected chi connectivity index (χ1v) is 7.00. The van der Waals surface area contributed by atoms with E-state index in [-0.39, 0.29) is 18.6 Å². The van der Waals surface area contributed by atoms with Crippen molar-refractivity contribution in [2.75, 3.05) is 26.3 Å². The van der Waals surface area contributed by atoms with Crippen molar-refractivity contribution in [3.63, 3.8) is 0 Å². The molecule has 5 nitrogen and oxygen atoms in total.